The number of carbonyl (C=O) groups excluding carboxylic acids is 1. The molecule has 1 aliphatic rings. The van der Waals surface area contributed by atoms with Crippen molar-refractivity contribution < 1.29 is 4.79 Å². The molecule has 1 amide bonds. The third-order valence-corrected chi connectivity index (χ3v) is 6.58. The van der Waals surface area contributed by atoms with E-state index >= 15 is 0 Å². The average Bonchev–Trinajstić information content (AvgIpc) is 3.28. The van der Waals surface area contributed by atoms with Gasteiger partial charge in [0.25, 0.3) is 5.91 Å². The van der Waals surface area contributed by atoms with Crippen molar-refractivity contribution >= 4 is 34.5 Å². The molecule has 0 radical (unpaired) electrons. The lowest BCUT2D eigenvalue weighted by atomic mass is 10.0. The number of anilines is 2. The summed E-state index contributed by atoms with van der Waals surface area (Å²) >= 11 is 6.01. The van der Waals surface area contributed by atoms with E-state index in [2.05, 4.69) is 45.5 Å². The van der Waals surface area contributed by atoms with E-state index < -0.39 is 0 Å². The Morgan fingerprint density at radius 1 is 1.06 bits per heavy atom. The highest BCUT2D eigenvalue weighted by molar-refractivity contribution is 6.30. The van der Waals surface area contributed by atoms with Crippen molar-refractivity contribution in [1.29, 1.82) is 0 Å². The molecule has 0 bridgehead atoms. The van der Waals surface area contributed by atoms with Crippen LogP contribution in [0.4, 0.5) is 11.4 Å². The molecule has 0 unspecified atom stereocenters. The lowest BCUT2D eigenvalue weighted by molar-refractivity contribution is 0.102. The summed E-state index contributed by atoms with van der Waals surface area (Å²) in [5, 5.41) is 11.8. The fraction of sp³-hybridized carbons (Fsp3) is 0.296. The van der Waals surface area contributed by atoms with Gasteiger partial charge in [0.1, 0.15) is 0 Å². The molecule has 5 rings (SSSR count). The third-order valence-electron chi connectivity index (χ3n) is 6.33. The number of para-hydroxylation sites is 2. The maximum absolute atomic E-state index is 13.1. The predicted molar refractivity (Wildman–Crippen MR) is 141 cm³/mol. The Morgan fingerprint density at radius 3 is 2.54 bits per heavy atom. The van der Waals surface area contributed by atoms with Crippen molar-refractivity contribution in [1.82, 2.24) is 19.9 Å². The normalized spacial score (nSPS) is 14.6. The summed E-state index contributed by atoms with van der Waals surface area (Å²) in [6, 6.07) is 16.5. The van der Waals surface area contributed by atoms with Crippen LogP contribution in [0, 0.1) is 0 Å². The van der Waals surface area contributed by atoms with Gasteiger partial charge in [-0.2, -0.15) is 5.10 Å². The molecule has 2 N–H and O–H groups in total. The standard InChI is InChI=1S/C27H29ClN6O/c1-18(2)31-22-11-13-33(14-12-22)25-6-4-3-5-24(25)32-27(35)20-15-29-26-23(16-30-34(26)17-20)19-7-9-21(28)10-8-19/h3-10,15-18,22,31H,11-14H2,1-2H3,(H,32,35). The molecule has 0 aliphatic carbocycles. The topological polar surface area (TPSA) is 74.6 Å². The molecule has 0 spiro atoms. The Morgan fingerprint density at radius 2 is 1.80 bits per heavy atom. The summed E-state index contributed by atoms with van der Waals surface area (Å²) in [4.78, 5) is 20.0. The number of hydrogen-bond donors (Lipinski definition) is 2. The van der Waals surface area contributed by atoms with Crippen LogP contribution >= 0.6 is 11.6 Å². The lowest BCUT2D eigenvalue weighted by Crippen LogP contribution is -2.45. The van der Waals surface area contributed by atoms with Crippen molar-refractivity contribution in [3.63, 3.8) is 0 Å². The number of amides is 1. The molecule has 1 aliphatic heterocycles. The van der Waals surface area contributed by atoms with Gasteiger partial charge in [-0.1, -0.05) is 49.7 Å². The number of rotatable bonds is 6. The van der Waals surface area contributed by atoms with E-state index in [1.165, 1.54) is 0 Å². The van der Waals surface area contributed by atoms with Crippen LogP contribution < -0.4 is 15.5 Å². The second kappa shape index (κ2) is 10.1. The summed E-state index contributed by atoms with van der Waals surface area (Å²) in [6.07, 6.45) is 7.22. The van der Waals surface area contributed by atoms with E-state index in [9.17, 15) is 4.79 Å². The van der Waals surface area contributed by atoms with Crippen LogP contribution in [0.5, 0.6) is 0 Å². The first kappa shape index (κ1) is 23.3. The molecule has 7 nitrogen and oxygen atoms in total. The molecule has 2 aromatic heterocycles. The molecular weight excluding hydrogens is 460 g/mol. The van der Waals surface area contributed by atoms with Crippen molar-refractivity contribution in [2.75, 3.05) is 23.3 Å². The highest BCUT2D eigenvalue weighted by Gasteiger charge is 2.22. The predicted octanol–water partition coefficient (Wildman–Crippen LogP) is 5.27. The van der Waals surface area contributed by atoms with Crippen LogP contribution in [0.2, 0.25) is 5.02 Å². The van der Waals surface area contributed by atoms with Gasteiger partial charge in [-0.3, -0.25) is 4.79 Å². The zero-order valence-corrected chi connectivity index (χ0v) is 20.7. The molecule has 1 saturated heterocycles. The van der Waals surface area contributed by atoms with Crippen molar-refractivity contribution in [2.24, 2.45) is 0 Å². The van der Waals surface area contributed by atoms with Crippen molar-refractivity contribution in [3.05, 3.63) is 77.7 Å². The number of benzene rings is 2. The van der Waals surface area contributed by atoms with Gasteiger partial charge in [0, 0.05) is 48.2 Å². The van der Waals surface area contributed by atoms with Crippen molar-refractivity contribution in [2.45, 2.75) is 38.8 Å². The highest BCUT2D eigenvalue weighted by Crippen LogP contribution is 2.29. The Kier molecular flexibility index (Phi) is 6.70. The second-order valence-electron chi connectivity index (χ2n) is 9.23. The number of piperidine rings is 1. The summed E-state index contributed by atoms with van der Waals surface area (Å²) < 4.78 is 1.64. The van der Waals surface area contributed by atoms with E-state index in [1.807, 2.05) is 42.5 Å². The Hall–Kier alpha value is -3.42. The van der Waals surface area contributed by atoms with E-state index in [1.54, 1.807) is 23.1 Å². The van der Waals surface area contributed by atoms with E-state index in [0.717, 1.165) is 48.4 Å². The van der Waals surface area contributed by atoms with E-state index in [4.69, 9.17) is 11.6 Å². The van der Waals surface area contributed by atoms with E-state index in [0.29, 0.717) is 28.3 Å². The minimum absolute atomic E-state index is 0.216. The molecule has 2 aromatic carbocycles. The zero-order valence-electron chi connectivity index (χ0n) is 19.9. The molecule has 1 fully saturated rings. The number of nitrogens with zero attached hydrogens (tertiary/aromatic N) is 4. The van der Waals surface area contributed by atoms with Crippen LogP contribution in [-0.4, -0.2) is 45.7 Å². The quantitative estimate of drug-likeness (QED) is 0.387. The molecule has 180 valence electrons. The molecule has 4 aromatic rings. The summed E-state index contributed by atoms with van der Waals surface area (Å²) in [7, 11) is 0. The van der Waals surface area contributed by atoms with Crippen LogP contribution in [-0.2, 0) is 0 Å². The van der Waals surface area contributed by atoms with E-state index in [-0.39, 0.29) is 5.91 Å². The number of halogens is 1. The Bertz CT molecular complexity index is 1330. The molecule has 0 atom stereocenters. The van der Waals surface area contributed by atoms with Gasteiger partial charge in [0.05, 0.1) is 23.1 Å². The monoisotopic (exact) mass is 488 g/mol. The van der Waals surface area contributed by atoms with Gasteiger partial charge in [-0.05, 0) is 42.7 Å². The minimum Gasteiger partial charge on any atom is -0.370 e. The van der Waals surface area contributed by atoms with Crippen LogP contribution in [0.3, 0.4) is 0 Å². The number of nitrogens with one attached hydrogen (secondary N) is 2. The smallest absolute Gasteiger partial charge is 0.258 e. The van der Waals surface area contributed by atoms with Gasteiger partial charge in [-0.25, -0.2) is 9.50 Å². The van der Waals surface area contributed by atoms with Crippen molar-refractivity contribution in [3.8, 4) is 11.1 Å². The fourth-order valence-electron chi connectivity index (χ4n) is 4.63. The number of hydrogen-bond acceptors (Lipinski definition) is 5. The maximum Gasteiger partial charge on any atom is 0.258 e. The van der Waals surface area contributed by atoms with Gasteiger partial charge in [-0.15, -0.1) is 0 Å². The highest BCUT2D eigenvalue weighted by atomic mass is 35.5. The van der Waals surface area contributed by atoms with Gasteiger partial charge < -0.3 is 15.5 Å². The summed E-state index contributed by atoms with van der Waals surface area (Å²) in [5.74, 6) is -0.216. The largest absolute Gasteiger partial charge is 0.370 e. The SMILES string of the molecule is CC(C)NC1CCN(c2ccccc2NC(=O)c2cnc3c(-c4ccc(Cl)cc4)cnn3c2)CC1. The summed E-state index contributed by atoms with van der Waals surface area (Å²) in [5.41, 5.74) is 4.82. The first-order valence-corrected chi connectivity index (χ1v) is 12.4. The number of aromatic nitrogens is 3. The number of carbonyl (C=O) groups is 1. The molecule has 0 saturated carbocycles. The maximum atomic E-state index is 13.1. The fourth-order valence-corrected chi connectivity index (χ4v) is 4.76. The zero-order chi connectivity index (χ0) is 24.4. The first-order chi connectivity index (χ1) is 17.0. The number of fused-ring (bicyclic) bond motifs is 1. The van der Waals surface area contributed by atoms with Gasteiger partial charge >= 0.3 is 0 Å². The Balaban J connectivity index is 1.32. The molecule has 35 heavy (non-hydrogen) atoms. The van der Waals surface area contributed by atoms with Crippen LogP contribution in [0.1, 0.15) is 37.0 Å². The second-order valence-corrected chi connectivity index (χ2v) is 9.67. The average molecular weight is 489 g/mol. The molecular formula is C27H29ClN6O. The lowest BCUT2D eigenvalue weighted by Gasteiger charge is -2.35. The van der Waals surface area contributed by atoms with Crippen LogP contribution in [0.25, 0.3) is 16.8 Å². The first-order valence-electron chi connectivity index (χ1n) is 12.0. The molecule has 8 heteroatoms. The van der Waals surface area contributed by atoms with Gasteiger partial charge in [0.15, 0.2) is 5.65 Å². The summed E-state index contributed by atoms with van der Waals surface area (Å²) in [6.45, 7) is 6.27. The Labute approximate surface area is 210 Å². The van der Waals surface area contributed by atoms with Crippen LogP contribution in [0.15, 0.2) is 67.1 Å². The minimum atomic E-state index is -0.216. The van der Waals surface area contributed by atoms with Gasteiger partial charge in [0.2, 0.25) is 0 Å². The molecule has 3 heterocycles. The third kappa shape index (κ3) is 5.16.